The summed E-state index contributed by atoms with van der Waals surface area (Å²) in [4.78, 5) is 10.2. The highest BCUT2D eigenvalue weighted by atomic mass is 16.3. The number of nitrogens with zero attached hydrogens (tertiary/aromatic N) is 3. The molecule has 88 valence electrons. The van der Waals surface area contributed by atoms with Crippen LogP contribution in [0.4, 0.5) is 11.8 Å². The Labute approximate surface area is 95.3 Å². The van der Waals surface area contributed by atoms with E-state index in [0.29, 0.717) is 5.95 Å². The highest BCUT2D eigenvalue weighted by Gasteiger charge is 2.25. The smallest absolute Gasteiger partial charge is 0.221 e. The summed E-state index contributed by atoms with van der Waals surface area (Å²) in [7, 11) is 0. The van der Waals surface area contributed by atoms with Crippen LogP contribution in [0.5, 0.6) is 0 Å². The van der Waals surface area contributed by atoms with Crippen LogP contribution in [0.1, 0.15) is 26.2 Å². The molecule has 16 heavy (non-hydrogen) atoms. The van der Waals surface area contributed by atoms with Gasteiger partial charge in [0.25, 0.3) is 0 Å². The largest absolute Gasteiger partial charge is 0.390 e. The van der Waals surface area contributed by atoms with Crippen molar-refractivity contribution in [1.82, 2.24) is 9.97 Å². The van der Waals surface area contributed by atoms with Gasteiger partial charge in [-0.2, -0.15) is 4.98 Å². The van der Waals surface area contributed by atoms with Crippen molar-refractivity contribution < 1.29 is 5.11 Å². The normalized spacial score (nSPS) is 26.5. The van der Waals surface area contributed by atoms with E-state index in [2.05, 4.69) is 14.9 Å². The van der Waals surface area contributed by atoms with Gasteiger partial charge in [-0.3, -0.25) is 0 Å². The van der Waals surface area contributed by atoms with Crippen LogP contribution in [0.15, 0.2) is 12.3 Å². The average Bonchev–Trinajstić information content (AvgIpc) is 2.39. The van der Waals surface area contributed by atoms with Crippen molar-refractivity contribution in [3.63, 3.8) is 0 Å². The minimum atomic E-state index is -0.548. The van der Waals surface area contributed by atoms with E-state index in [0.717, 1.165) is 38.2 Å². The van der Waals surface area contributed by atoms with E-state index < -0.39 is 5.60 Å². The van der Waals surface area contributed by atoms with Crippen molar-refractivity contribution in [2.24, 2.45) is 0 Å². The van der Waals surface area contributed by atoms with Gasteiger partial charge < -0.3 is 15.7 Å². The third-order valence-corrected chi connectivity index (χ3v) is 3.05. The van der Waals surface area contributed by atoms with Crippen molar-refractivity contribution in [1.29, 1.82) is 0 Å². The fourth-order valence-corrected chi connectivity index (χ4v) is 2.03. The lowest BCUT2D eigenvalue weighted by atomic mass is 9.98. The standard InChI is InChI=1S/C11H18N4O/c1-11(16)4-2-7-15(8-5-11)9-3-6-13-10(12)14-9/h3,6,16H,2,4-5,7-8H2,1H3,(H2,12,13,14). The monoisotopic (exact) mass is 222 g/mol. The predicted molar refractivity (Wildman–Crippen MR) is 63.1 cm³/mol. The van der Waals surface area contributed by atoms with Crippen LogP contribution in [-0.2, 0) is 0 Å². The zero-order chi connectivity index (χ0) is 11.6. The number of rotatable bonds is 1. The average molecular weight is 222 g/mol. The molecule has 5 heteroatoms. The van der Waals surface area contributed by atoms with Gasteiger partial charge in [0.05, 0.1) is 5.60 Å². The van der Waals surface area contributed by atoms with Crippen LogP contribution < -0.4 is 10.6 Å². The number of hydrogen-bond donors (Lipinski definition) is 2. The first-order valence-corrected chi connectivity index (χ1v) is 5.63. The van der Waals surface area contributed by atoms with Crippen LogP contribution in [0.3, 0.4) is 0 Å². The summed E-state index contributed by atoms with van der Waals surface area (Å²) >= 11 is 0. The Balaban J connectivity index is 2.11. The molecule has 1 aromatic rings. The maximum Gasteiger partial charge on any atom is 0.221 e. The molecule has 2 rings (SSSR count). The van der Waals surface area contributed by atoms with Crippen LogP contribution in [0, 0.1) is 0 Å². The fraction of sp³-hybridized carbons (Fsp3) is 0.636. The Hall–Kier alpha value is -1.36. The predicted octanol–water partition coefficient (Wildman–Crippen LogP) is 0.800. The van der Waals surface area contributed by atoms with Crippen LogP contribution in [-0.4, -0.2) is 33.8 Å². The van der Waals surface area contributed by atoms with Gasteiger partial charge in [0, 0.05) is 19.3 Å². The maximum absolute atomic E-state index is 9.99. The van der Waals surface area contributed by atoms with Crippen LogP contribution in [0.2, 0.25) is 0 Å². The molecule has 3 N–H and O–H groups in total. The number of aromatic nitrogens is 2. The minimum Gasteiger partial charge on any atom is -0.390 e. The maximum atomic E-state index is 9.99. The summed E-state index contributed by atoms with van der Waals surface area (Å²) in [6.45, 7) is 3.61. The molecule has 1 saturated heterocycles. The van der Waals surface area contributed by atoms with Gasteiger partial charge in [0.2, 0.25) is 5.95 Å². The SMILES string of the molecule is CC1(O)CCCN(c2ccnc(N)n2)CC1. The molecule has 0 amide bonds. The lowest BCUT2D eigenvalue weighted by Gasteiger charge is -2.23. The Morgan fingerprint density at radius 1 is 1.44 bits per heavy atom. The second-order valence-corrected chi connectivity index (χ2v) is 4.61. The summed E-state index contributed by atoms with van der Waals surface area (Å²) in [5, 5.41) is 9.99. The molecular weight excluding hydrogens is 204 g/mol. The Kier molecular flexibility index (Phi) is 2.96. The zero-order valence-electron chi connectivity index (χ0n) is 9.56. The van der Waals surface area contributed by atoms with E-state index in [1.54, 1.807) is 6.20 Å². The lowest BCUT2D eigenvalue weighted by Crippen LogP contribution is -2.28. The molecule has 0 bridgehead atoms. The van der Waals surface area contributed by atoms with Crippen molar-refractivity contribution in [3.05, 3.63) is 12.3 Å². The van der Waals surface area contributed by atoms with Gasteiger partial charge >= 0.3 is 0 Å². The van der Waals surface area contributed by atoms with Crippen molar-refractivity contribution in [3.8, 4) is 0 Å². The summed E-state index contributed by atoms with van der Waals surface area (Å²) < 4.78 is 0. The second kappa shape index (κ2) is 4.25. The van der Waals surface area contributed by atoms with E-state index in [1.165, 1.54) is 0 Å². The summed E-state index contributed by atoms with van der Waals surface area (Å²) in [5.74, 6) is 1.15. The highest BCUT2D eigenvalue weighted by molar-refractivity contribution is 5.41. The van der Waals surface area contributed by atoms with Crippen LogP contribution in [0.25, 0.3) is 0 Å². The van der Waals surface area contributed by atoms with E-state index in [9.17, 15) is 5.11 Å². The molecule has 1 unspecified atom stereocenters. The fourth-order valence-electron chi connectivity index (χ4n) is 2.03. The number of aliphatic hydroxyl groups is 1. The third kappa shape index (κ3) is 2.61. The molecule has 0 aromatic carbocycles. The van der Waals surface area contributed by atoms with E-state index >= 15 is 0 Å². The summed E-state index contributed by atoms with van der Waals surface area (Å²) in [5.41, 5.74) is 5.01. The Morgan fingerprint density at radius 3 is 3.00 bits per heavy atom. The van der Waals surface area contributed by atoms with Gasteiger partial charge in [-0.25, -0.2) is 4.98 Å². The number of nitrogens with two attached hydrogens (primary N) is 1. The molecule has 0 radical (unpaired) electrons. The molecule has 1 atom stereocenters. The molecule has 0 spiro atoms. The van der Waals surface area contributed by atoms with Gasteiger partial charge in [0.15, 0.2) is 0 Å². The second-order valence-electron chi connectivity index (χ2n) is 4.61. The molecule has 1 fully saturated rings. The minimum absolute atomic E-state index is 0.300. The summed E-state index contributed by atoms with van der Waals surface area (Å²) in [6, 6.07) is 1.86. The van der Waals surface area contributed by atoms with Crippen LogP contribution >= 0.6 is 0 Å². The van der Waals surface area contributed by atoms with E-state index in [1.807, 2.05) is 13.0 Å². The molecular formula is C11H18N4O. The molecule has 1 aliphatic rings. The summed E-state index contributed by atoms with van der Waals surface area (Å²) in [6.07, 6.45) is 4.23. The van der Waals surface area contributed by atoms with E-state index in [-0.39, 0.29) is 0 Å². The Morgan fingerprint density at radius 2 is 2.25 bits per heavy atom. The lowest BCUT2D eigenvalue weighted by molar-refractivity contribution is 0.0481. The van der Waals surface area contributed by atoms with Crippen molar-refractivity contribution in [2.75, 3.05) is 23.7 Å². The molecule has 0 aliphatic carbocycles. The van der Waals surface area contributed by atoms with Gasteiger partial charge in [-0.1, -0.05) is 0 Å². The number of hydrogen-bond acceptors (Lipinski definition) is 5. The first-order valence-electron chi connectivity index (χ1n) is 5.63. The number of anilines is 2. The topological polar surface area (TPSA) is 75.3 Å². The number of nitrogen functional groups attached to an aromatic ring is 1. The molecule has 2 heterocycles. The van der Waals surface area contributed by atoms with E-state index in [4.69, 9.17) is 5.73 Å². The molecule has 1 aromatic heterocycles. The third-order valence-electron chi connectivity index (χ3n) is 3.05. The van der Waals surface area contributed by atoms with Gasteiger partial charge in [-0.15, -0.1) is 0 Å². The molecule has 1 aliphatic heterocycles. The first-order chi connectivity index (χ1) is 7.57. The highest BCUT2D eigenvalue weighted by Crippen LogP contribution is 2.24. The zero-order valence-corrected chi connectivity index (χ0v) is 9.56. The van der Waals surface area contributed by atoms with Gasteiger partial charge in [0.1, 0.15) is 5.82 Å². The van der Waals surface area contributed by atoms with Crippen molar-refractivity contribution in [2.45, 2.75) is 31.8 Å². The van der Waals surface area contributed by atoms with Crippen molar-refractivity contribution >= 4 is 11.8 Å². The molecule has 5 nitrogen and oxygen atoms in total. The molecule has 0 saturated carbocycles. The quantitative estimate of drug-likeness (QED) is 0.735. The van der Waals surface area contributed by atoms with Gasteiger partial charge in [-0.05, 0) is 32.3 Å². The first kappa shape index (κ1) is 11.1. The Bertz CT molecular complexity index is 367.